The first-order valence-corrected chi connectivity index (χ1v) is 6.73. The Morgan fingerprint density at radius 2 is 1.95 bits per heavy atom. The van der Waals surface area contributed by atoms with Crippen molar-refractivity contribution in [2.45, 2.75) is 18.9 Å². The van der Waals surface area contributed by atoms with E-state index in [9.17, 15) is 10.1 Å². The number of benzene rings is 2. The van der Waals surface area contributed by atoms with Crippen LogP contribution in [-0.4, -0.2) is 12.0 Å². The molecule has 21 heavy (non-hydrogen) atoms. The van der Waals surface area contributed by atoms with Gasteiger partial charge in [0.05, 0.1) is 12.0 Å². The Morgan fingerprint density at radius 3 is 2.57 bits per heavy atom. The maximum absolute atomic E-state index is 10.9. The van der Waals surface area contributed by atoms with Gasteiger partial charge in [-0.3, -0.25) is 10.1 Å². The molecule has 5 heteroatoms. The summed E-state index contributed by atoms with van der Waals surface area (Å²) in [4.78, 5) is 10.4. The van der Waals surface area contributed by atoms with E-state index in [0.29, 0.717) is 18.6 Å². The molecule has 0 aromatic heterocycles. The van der Waals surface area contributed by atoms with Crippen LogP contribution in [0.3, 0.4) is 0 Å². The second-order valence-electron chi connectivity index (χ2n) is 4.81. The monoisotopic (exact) mass is 286 g/mol. The number of rotatable bonds is 6. The zero-order valence-electron chi connectivity index (χ0n) is 11.9. The number of nitrogens with two attached hydrogens (primary N) is 1. The normalized spacial score (nSPS) is 11.9. The number of hydrogen-bond acceptors (Lipinski definition) is 4. The van der Waals surface area contributed by atoms with Crippen LogP contribution in [0.25, 0.3) is 0 Å². The van der Waals surface area contributed by atoms with Crippen LogP contribution < -0.4 is 10.5 Å². The summed E-state index contributed by atoms with van der Waals surface area (Å²) >= 11 is 0. The lowest BCUT2D eigenvalue weighted by atomic mass is 9.99. The van der Waals surface area contributed by atoms with Gasteiger partial charge in [-0.25, -0.2) is 0 Å². The van der Waals surface area contributed by atoms with Gasteiger partial charge in [0.1, 0.15) is 5.75 Å². The Hall–Kier alpha value is -2.40. The third kappa shape index (κ3) is 3.79. The number of aryl methyl sites for hydroxylation is 1. The van der Waals surface area contributed by atoms with Crippen molar-refractivity contribution in [1.82, 2.24) is 0 Å². The van der Waals surface area contributed by atoms with Gasteiger partial charge < -0.3 is 10.5 Å². The van der Waals surface area contributed by atoms with Crippen molar-refractivity contribution in [3.63, 3.8) is 0 Å². The first-order chi connectivity index (χ1) is 10.1. The summed E-state index contributed by atoms with van der Waals surface area (Å²) in [6, 6.07) is 14.3. The minimum Gasteiger partial charge on any atom is -0.496 e. The lowest BCUT2D eigenvalue weighted by Crippen LogP contribution is -2.11. The number of hydrogen-bond donors (Lipinski definition) is 1. The van der Waals surface area contributed by atoms with E-state index in [0.717, 1.165) is 11.1 Å². The topological polar surface area (TPSA) is 78.4 Å². The molecule has 0 heterocycles. The smallest absolute Gasteiger partial charge is 0.269 e. The lowest BCUT2D eigenvalue weighted by Gasteiger charge is -2.13. The van der Waals surface area contributed by atoms with Gasteiger partial charge >= 0.3 is 0 Å². The van der Waals surface area contributed by atoms with E-state index >= 15 is 0 Å². The molecule has 0 bridgehead atoms. The Morgan fingerprint density at radius 1 is 1.24 bits per heavy atom. The van der Waals surface area contributed by atoms with Gasteiger partial charge in [-0.1, -0.05) is 30.3 Å². The Kier molecular flexibility index (Phi) is 4.90. The van der Waals surface area contributed by atoms with E-state index in [4.69, 9.17) is 10.5 Å². The van der Waals surface area contributed by atoms with Crippen LogP contribution in [0.1, 0.15) is 23.6 Å². The standard InChI is InChI=1S/C16H18N2O3/c1-21-16-10-8-14(18(19)20)11-13(16)7-9-15(17)12-5-3-2-4-6-12/h2-6,8,10-11,15H,7,9,17H2,1H3. The van der Waals surface area contributed by atoms with Crippen molar-refractivity contribution in [3.8, 4) is 5.75 Å². The fraction of sp³-hybridized carbons (Fsp3) is 0.250. The number of nitrogens with zero attached hydrogens (tertiary/aromatic N) is 1. The van der Waals surface area contributed by atoms with E-state index in [1.54, 1.807) is 19.2 Å². The highest BCUT2D eigenvalue weighted by molar-refractivity contribution is 5.44. The third-order valence-electron chi connectivity index (χ3n) is 3.43. The molecule has 0 amide bonds. The van der Waals surface area contributed by atoms with Crippen molar-refractivity contribution >= 4 is 5.69 Å². The van der Waals surface area contributed by atoms with Gasteiger partial charge in [0.25, 0.3) is 5.69 Å². The van der Waals surface area contributed by atoms with Gasteiger partial charge in [-0.15, -0.1) is 0 Å². The average molecular weight is 286 g/mol. The largest absolute Gasteiger partial charge is 0.496 e. The average Bonchev–Trinajstić information content (AvgIpc) is 2.53. The van der Waals surface area contributed by atoms with E-state index in [2.05, 4.69) is 0 Å². The quantitative estimate of drug-likeness (QED) is 0.653. The summed E-state index contributed by atoms with van der Waals surface area (Å²) in [6.45, 7) is 0. The minimum absolute atomic E-state index is 0.0686. The van der Waals surface area contributed by atoms with Gasteiger partial charge in [0.2, 0.25) is 0 Å². The minimum atomic E-state index is -0.403. The molecule has 0 aliphatic heterocycles. The van der Waals surface area contributed by atoms with Crippen molar-refractivity contribution in [2.24, 2.45) is 5.73 Å². The van der Waals surface area contributed by atoms with Crippen LogP contribution >= 0.6 is 0 Å². The molecule has 5 nitrogen and oxygen atoms in total. The predicted molar refractivity (Wildman–Crippen MR) is 81.3 cm³/mol. The molecule has 2 N–H and O–H groups in total. The second kappa shape index (κ2) is 6.85. The molecule has 0 saturated carbocycles. The number of nitro benzene ring substituents is 1. The fourth-order valence-electron chi connectivity index (χ4n) is 2.25. The Bertz CT molecular complexity index is 614. The molecule has 110 valence electrons. The van der Waals surface area contributed by atoms with Crippen LogP contribution in [0.5, 0.6) is 5.75 Å². The molecule has 2 rings (SSSR count). The van der Waals surface area contributed by atoms with E-state index in [1.165, 1.54) is 6.07 Å². The highest BCUT2D eigenvalue weighted by Crippen LogP contribution is 2.27. The van der Waals surface area contributed by atoms with Crippen LogP contribution in [-0.2, 0) is 6.42 Å². The van der Waals surface area contributed by atoms with Crippen LogP contribution in [0.2, 0.25) is 0 Å². The summed E-state index contributed by atoms with van der Waals surface area (Å²) in [5, 5.41) is 10.9. The molecule has 0 aliphatic rings. The molecular formula is C16H18N2O3. The zero-order valence-corrected chi connectivity index (χ0v) is 11.9. The van der Waals surface area contributed by atoms with Crippen molar-refractivity contribution in [2.75, 3.05) is 7.11 Å². The summed E-state index contributed by atoms with van der Waals surface area (Å²) < 4.78 is 5.25. The second-order valence-corrected chi connectivity index (χ2v) is 4.81. The molecule has 1 unspecified atom stereocenters. The molecule has 0 fully saturated rings. The first kappa shape index (κ1) is 15.0. The van der Waals surface area contributed by atoms with Crippen LogP contribution in [0, 0.1) is 10.1 Å². The molecule has 0 saturated heterocycles. The van der Waals surface area contributed by atoms with Gasteiger partial charge in [-0.05, 0) is 24.5 Å². The lowest BCUT2D eigenvalue weighted by molar-refractivity contribution is -0.384. The van der Waals surface area contributed by atoms with Crippen molar-refractivity contribution in [1.29, 1.82) is 0 Å². The molecule has 2 aromatic rings. The molecular weight excluding hydrogens is 268 g/mol. The van der Waals surface area contributed by atoms with Crippen molar-refractivity contribution < 1.29 is 9.66 Å². The Balaban J connectivity index is 2.11. The van der Waals surface area contributed by atoms with E-state index in [1.807, 2.05) is 30.3 Å². The highest BCUT2D eigenvalue weighted by atomic mass is 16.6. The Labute approximate surface area is 123 Å². The van der Waals surface area contributed by atoms with E-state index < -0.39 is 4.92 Å². The fourth-order valence-corrected chi connectivity index (χ4v) is 2.25. The van der Waals surface area contributed by atoms with Crippen molar-refractivity contribution in [3.05, 3.63) is 69.8 Å². The molecule has 1 atom stereocenters. The molecule has 0 aliphatic carbocycles. The van der Waals surface area contributed by atoms with Crippen LogP contribution in [0.15, 0.2) is 48.5 Å². The van der Waals surface area contributed by atoms with Gasteiger partial charge in [-0.2, -0.15) is 0 Å². The number of non-ortho nitro benzene ring substituents is 1. The van der Waals surface area contributed by atoms with E-state index in [-0.39, 0.29) is 11.7 Å². The first-order valence-electron chi connectivity index (χ1n) is 6.73. The zero-order chi connectivity index (χ0) is 15.2. The highest BCUT2D eigenvalue weighted by Gasteiger charge is 2.13. The third-order valence-corrected chi connectivity index (χ3v) is 3.43. The summed E-state index contributed by atoms with van der Waals surface area (Å²) in [5.41, 5.74) is 8.09. The number of ether oxygens (including phenoxy) is 1. The SMILES string of the molecule is COc1ccc([N+](=O)[O-])cc1CCC(N)c1ccccc1. The maximum Gasteiger partial charge on any atom is 0.269 e. The van der Waals surface area contributed by atoms with Crippen LogP contribution in [0.4, 0.5) is 5.69 Å². The summed E-state index contributed by atoms with van der Waals surface area (Å²) in [7, 11) is 1.56. The summed E-state index contributed by atoms with van der Waals surface area (Å²) in [6.07, 6.45) is 1.32. The molecule has 0 radical (unpaired) electrons. The molecule has 0 spiro atoms. The predicted octanol–water partition coefficient (Wildman–Crippen LogP) is 3.24. The number of nitro groups is 1. The number of methoxy groups -OCH3 is 1. The molecule has 2 aromatic carbocycles. The maximum atomic E-state index is 10.9. The summed E-state index contributed by atoms with van der Waals surface area (Å²) in [5.74, 6) is 0.654. The van der Waals surface area contributed by atoms with Gasteiger partial charge in [0, 0.05) is 23.7 Å². The van der Waals surface area contributed by atoms with Gasteiger partial charge in [0.15, 0.2) is 0 Å².